The molecular formula is C37H42F3N9O4S. The molecule has 286 valence electrons. The number of urea groups is 1. The molecule has 4 aromatic rings. The maximum absolute atomic E-state index is 13.9. The number of halogens is 3. The molecular weight excluding hydrogens is 724 g/mol. The van der Waals surface area contributed by atoms with Gasteiger partial charge in [0.2, 0.25) is 21.9 Å². The van der Waals surface area contributed by atoms with Crippen molar-refractivity contribution in [2.45, 2.75) is 44.6 Å². The molecule has 54 heavy (non-hydrogen) atoms. The maximum atomic E-state index is 13.9. The first-order valence-corrected chi connectivity index (χ1v) is 19.2. The van der Waals surface area contributed by atoms with E-state index < -0.39 is 33.6 Å². The first-order valence-electron chi connectivity index (χ1n) is 17.4. The van der Waals surface area contributed by atoms with E-state index >= 15 is 0 Å². The molecule has 3 heterocycles. The van der Waals surface area contributed by atoms with Crippen LogP contribution in [-0.2, 0) is 34.1 Å². The zero-order valence-electron chi connectivity index (χ0n) is 30.1. The zero-order valence-corrected chi connectivity index (χ0v) is 30.9. The number of carbonyl (C=O) groups excluding carboxylic acids is 2. The molecule has 2 saturated heterocycles. The number of hydrogen-bond donors (Lipinski definition) is 3. The van der Waals surface area contributed by atoms with E-state index in [1.165, 1.54) is 7.05 Å². The zero-order chi connectivity index (χ0) is 38.6. The first kappa shape index (κ1) is 38.3. The van der Waals surface area contributed by atoms with Gasteiger partial charge in [-0.15, -0.1) is 0 Å². The molecule has 17 heteroatoms. The number of anilines is 6. The number of benzene rings is 3. The van der Waals surface area contributed by atoms with E-state index in [0.717, 1.165) is 66.2 Å². The molecule has 3 amide bonds. The Morgan fingerprint density at radius 2 is 1.61 bits per heavy atom. The first-order chi connectivity index (χ1) is 25.6. The van der Waals surface area contributed by atoms with Crippen molar-refractivity contribution in [3.05, 3.63) is 95.7 Å². The number of carbonyl (C=O) groups is 2. The van der Waals surface area contributed by atoms with E-state index in [0.29, 0.717) is 29.5 Å². The monoisotopic (exact) mass is 765 g/mol. The van der Waals surface area contributed by atoms with E-state index in [1.807, 2.05) is 48.5 Å². The second kappa shape index (κ2) is 15.9. The van der Waals surface area contributed by atoms with Crippen LogP contribution in [-0.4, -0.2) is 81.3 Å². The summed E-state index contributed by atoms with van der Waals surface area (Å²) < 4.78 is 66.6. The number of hydrogen-bond acceptors (Lipinski definition) is 10. The standard InChI is InChI=1S/C37H42F3N9O4S/c1-46(24-25-7-11-30(12-8-25)49-20-17-33(50)44-36(49)51)28-15-18-48(19-16-28)29-13-9-27(10-14-29)43-35-42-23-32(37(38,39)40)34(45-35)41-22-26-5-4-6-31(21-26)47(2)54(3,52)53/h4-14,21,23,28H,15-20,22,24H2,1-3H3,(H,44,50,51)(H2,41,42,43,45). The van der Waals surface area contributed by atoms with Crippen LogP contribution in [0.25, 0.3) is 0 Å². The van der Waals surface area contributed by atoms with Crippen LogP contribution in [0.4, 0.5) is 52.5 Å². The number of aromatic nitrogens is 2. The van der Waals surface area contributed by atoms with Gasteiger partial charge in [0.05, 0.1) is 11.9 Å². The van der Waals surface area contributed by atoms with Gasteiger partial charge in [-0.2, -0.15) is 18.2 Å². The number of sulfonamides is 1. The van der Waals surface area contributed by atoms with Gasteiger partial charge in [-0.25, -0.2) is 18.2 Å². The van der Waals surface area contributed by atoms with Gasteiger partial charge < -0.3 is 15.5 Å². The maximum Gasteiger partial charge on any atom is 0.421 e. The number of amides is 3. The van der Waals surface area contributed by atoms with Gasteiger partial charge in [-0.05, 0) is 79.5 Å². The fourth-order valence-corrected chi connectivity index (χ4v) is 6.98. The lowest BCUT2D eigenvalue weighted by Crippen LogP contribution is -2.49. The second-order valence-electron chi connectivity index (χ2n) is 13.4. The Kier molecular flexibility index (Phi) is 11.3. The minimum atomic E-state index is -4.70. The molecule has 2 aliphatic heterocycles. The summed E-state index contributed by atoms with van der Waals surface area (Å²) in [4.78, 5) is 37.9. The number of nitrogens with one attached hydrogen (secondary N) is 3. The summed E-state index contributed by atoms with van der Waals surface area (Å²) in [5, 5.41) is 8.10. The average molecular weight is 766 g/mol. The molecule has 2 fully saturated rings. The normalized spacial score (nSPS) is 15.7. The average Bonchev–Trinajstić information content (AvgIpc) is 3.14. The Morgan fingerprint density at radius 1 is 0.926 bits per heavy atom. The molecule has 1 aromatic heterocycles. The number of nitrogens with zero attached hydrogens (tertiary/aromatic N) is 6. The summed E-state index contributed by atoms with van der Waals surface area (Å²) in [7, 11) is -0.00392. The molecule has 0 radical (unpaired) electrons. The van der Waals surface area contributed by atoms with E-state index in [9.17, 15) is 31.2 Å². The van der Waals surface area contributed by atoms with Crippen LogP contribution >= 0.6 is 0 Å². The lowest BCUT2D eigenvalue weighted by Gasteiger charge is -2.38. The summed E-state index contributed by atoms with van der Waals surface area (Å²) in [6.07, 6.45) is -0.698. The third-order valence-corrected chi connectivity index (χ3v) is 10.8. The van der Waals surface area contributed by atoms with Gasteiger partial charge in [-0.1, -0.05) is 24.3 Å². The lowest BCUT2D eigenvalue weighted by molar-refractivity contribution is -0.137. The molecule has 0 spiro atoms. The molecule has 3 N–H and O–H groups in total. The minimum absolute atomic E-state index is 0.0178. The van der Waals surface area contributed by atoms with Crippen molar-refractivity contribution in [2.24, 2.45) is 0 Å². The Labute approximate surface area is 312 Å². The highest BCUT2D eigenvalue weighted by molar-refractivity contribution is 7.92. The smallest absolute Gasteiger partial charge is 0.371 e. The fourth-order valence-electron chi connectivity index (χ4n) is 6.48. The van der Waals surface area contributed by atoms with Gasteiger partial charge in [0, 0.05) is 75.5 Å². The van der Waals surface area contributed by atoms with E-state index in [4.69, 9.17) is 0 Å². The van der Waals surface area contributed by atoms with Crippen LogP contribution in [0.1, 0.15) is 36.0 Å². The molecule has 2 aliphatic rings. The molecule has 0 saturated carbocycles. The van der Waals surface area contributed by atoms with Gasteiger partial charge in [-0.3, -0.25) is 24.2 Å². The van der Waals surface area contributed by atoms with Crippen LogP contribution in [0.2, 0.25) is 0 Å². The van der Waals surface area contributed by atoms with Crippen molar-refractivity contribution in [3.63, 3.8) is 0 Å². The molecule has 6 rings (SSSR count). The van der Waals surface area contributed by atoms with Crippen LogP contribution in [0.15, 0.2) is 79.0 Å². The number of piperidine rings is 1. The number of alkyl halides is 3. The van der Waals surface area contributed by atoms with Crippen LogP contribution < -0.4 is 30.1 Å². The number of imide groups is 1. The van der Waals surface area contributed by atoms with Gasteiger partial charge in [0.25, 0.3) is 0 Å². The van der Waals surface area contributed by atoms with Crippen molar-refractivity contribution in [3.8, 4) is 0 Å². The van der Waals surface area contributed by atoms with Crippen molar-refractivity contribution >= 4 is 56.5 Å². The Balaban J connectivity index is 1.03. The highest BCUT2D eigenvalue weighted by Crippen LogP contribution is 2.35. The van der Waals surface area contributed by atoms with Crippen molar-refractivity contribution in [1.29, 1.82) is 0 Å². The summed E-state index contributed by atoms with van der Waals surface area (Å²) in [6.45, 7) is 2.80. The summed E-state index contributed by atoms with van der Waals surface area (Å²) in [6, 6.07) is 21.9. The summed E-state index contributed by atoms with van der Waals surface area (Å²) in [5.74, 6) is -0.685. The Hall–Kier alpha value is -5.42. The van der Waals surface area contributed by atoms with Crippen molar-refractivity contribution < 1.29 is 31.2 Å². The summed E-state index contributed by atoms with van der Waals surface area (Å²) >= 11 is 0. The van der Waals surface area contributed by atoms with E-state index in [1.54, 1.807) is 29.2 Å². The molecule has 0 unspecified atom stereocenters. The van der Waals surface area contributed by atoms with Gasteiger partial charge >= 0.3 is 12.2 Å². The quantitative estimate of drug-likeness (QED) is 0.162. The second-order valence-corrected chi connectivity index (χ2v) is 15.4. The highest BCUT2D eigenvalue weighted by Gasteiger charge is 2.35. The SMILES string of the molecule is CN(Cc1ccc(N2CCC(=O)NC2=O)cc1)C1CCN(c2ccc(Nc3ncc(C(F)(F)F)c(NCc4cccc(N(C)S(C)(=O)=O)c4)n3)cc2)CC1. The van der Waals surface area contributed by atoms with Gasteiger partial charge in [0.15, 0.2) is 0 Å². The predicted molar refractivity (Wildman–Crippen MR) is 202 cm³/mol. The molecule has 3 aromatic carbocycles. The fraction of sp³-hybridized carbons (Fsp3) is 0.351. The van der Waals surface area contributed by atoms with E-state index in [2.05, 4.69) is 42.8 Å². The predicted octanol–water partition coefficient (Wildman–Crippen LogP) is 5.79. The topological polar surface area (TPSA) is 143 Å². The Bertz CT molecular complexity index is 2080. The van der Waals surface area contributed by atoms with Crippen LogP contribution in [0.5, 0.6) is 0 Å². The molecule has 13 nitrogen and oxygen atoms in total. The Morgan fingerprint density at radius 3 is 2.26 bits per heavy atom. The van der Waals surface area contributed by atoms with Gasteiger partial charge in [0.1, 0.15) is 11.4 Å². The van der Waals surface area contributed by atoms with Crippen LogP contribution in [0.3, 0.4) is 0 Å². The van der Waals surface area contributed by atoms with Crippen molar-refractivity contribution in [2.75, 3.05) is 64.7 Å². The minimum Gasteiger partial charge on any atom is -0.371 e. The highest BCUT2D eigenvalue weighted by atomic mass is 32.2. The largest absolute Gasteiger partial charge is 0.421 e. The number of rotatable bonds is 12. The van der Waals surface area contributed by atoms with E-state index in [-0.39, 0.29) is 24.8 Å². The molecule has 0 bridgehead atoms. The van der Waals surface area contributed by atoms with Crippen molar-refractivity contribution in [1.82, 2.24) is 20.2 Å². The lowest BCUT2D eigenvalue weighted by atomic mass is 10.0. The third kappa shape index (κ3) is 9.38. The summed E-state index contributed by atoms with van der Waals surface area (Å²) in [5.41, 5.74) is 3.44. The van der Waals surface area contributed by atoms with Crippen LogP contribution in [0, 0.1) is 0 Å². The third-order valence-electron chi connectivity index (χ3n) is 9.64. The molecule has 0 atom stereocenters. The molecule has 0 aliphatic carbocycles.